The van der Waals surface area contributed by atoms with Crippen molar-refractivity contribution < 1.29 is 13.2 Å². The first-order valence-electron chi connectivity index (χ1n) is 7.04. The number of hydrogen-bond acceptors (Lipinski definition) is 5. The summed E-state index contributed by atoms with van der Waals surface area (Å²) in [6, 6.07) is 7.25. The largest absolute Gasteiger partial charge is 0.379 e. The number of carbonyl (C=O) groups excluding carboxylic acids is 1. The maximum Gasteiger partial charge on any atom is 0.267 e. The van der Waals surface area contributed by atoms with Crippen molar-refractivity contribution in [1.29, 1.82) is 5.26 Å². The number of primary sulfonamides is 1. The molecule has 124 valence electrons. The van der Waals surface area contributed by atoms with Crippen molar-refractivity contribution in [2.45, 2.75) is 24.7 Å². The zero-order valence-electron chi connectivity index (χ0n) is 13.1. The van der Waals surface area contributed by atoms with Crippen LogP contribution in [0.15, 0.2) is 40.9 Å². The number of rotatable bonds is 7. The number of unbranched alkanes of at least 4 members (excludes halogenated alkanes) is 1. The minimum Gasteiger partial charge on any atom is -0.379 e. The van der Waals surface area contributed by atoms with E-state index in [1.807, 2.05) is 6.07 Å². The summed E-state index contributed by atoms with van der Waals surface area (Å²) >= 11 is 0. The number of nitrogens with one attached hydrogen (secondary N) is 1. The molecule has 0 heterocycles. The molecule has 0 saturated heterocycles. The van der Waals surface area contributed by atoms with E-state index in [0.29, 0.717) is 5.69 Å². The Hall–Kier alpha value is -2.37. The lowest BCUT2D eigenvalue weighted by molar-refractivity contribution is -0.112. The van der Waals surface area contributed by atoms with Gasteiger partial charge in [-0.15, -0.1) is 0 Å². The first-order chi connectivity index (χ1) is 10.8. The van der Waals surface area contributed by atoms with E-state index < -0.39 is 15.9 Å². The van der Waals surface area contributed by atoms with Crippen LogP contribution in [0, 0.1) is 11.3 Å². The Morgan fingerprint density at radius 3 is 2.48 bits per heavy atom. The van der Waals surface area contributed by atoms with Crippen LogP contribution in [0.4, 0.5) is 5.69 Å². The van der Waals surface area contributed by atoms with Gasteiger partial charge in [0.05, 0.1) is 4.90 Å². The summed E-state index contributed by atoms with van der Waals surface area (Å²) in [7, 11) is -1.98. The van der Waals surface area contributed by atoms with Crippen molar-refractivity contribution in [2.24, 2.45) is 5.14 Å². The lowest BCUT2D eigenvalue weighted by Crippen LogP contribution is -2.19. The van der Waals surface area contributed by atoms with E-state index in [4.69, 9.17) is 10.4 Å². The molecule has 3 N–H and O–H groups in total. The van der Waals surface area contributed by atoms with Crippen LogP contribution in [0.2, 0.25) is 0 Å². The summed E-state index contributed by atoms with van der Waals surface area (Å²) < 4.78 is 22.3. The number of nitrogens with two attached hydrogens (primary N) is 1. The van der Waals surface area contributed by atoms with E-state index in [9.17, 15) is 13.2 Å². The second-order valence-corrected chi connectivity index (χ2v) is 6.57. The standard InChI is InChI=1S/C15H20N4O3S/c1-3-4-9-19(2)11-12(10-16)15(20)18-13-5-7-14(8-6-13)23(17,21)22/h5-8,11H,3-4,9H2,1-2H3,(H,18,20)(H2,17,21,22)/b12-11-. The SMILES string of the molecule is CCCCN(C)/C=C(/C#N)C(=O)Nc1ccc(S(N)(=O)=O)cc1. The molecule has 1 amide bonds. The second kappa shape index (κ2) is 8.31. The van der Waals surface area contributed by atoms with Gasteiger partial charge in [-0.25, -0.2) is 13.6 Å². The van der Waals surface area contributed by atoms with Crippen molar-refractivity contribution in [2.75, 3.05) is 18.9 Å². The first-order valence-corrected chi connectivity index (χ1v) is 8.59. The van der Waals surface area contributed by atoms with E-state index in [-0.39, 0.29) is 10.5 Å². The molecular formula is C15H20N4O3S. The van der Waals surface area contributed by atoms with Crippen molar-refractivity contribution in [3.05, 3.63) is 36.0 Å². The molecule has 1 aromatic rings. The average molecular weight is 336 g/mol. The average Bonchev–Trinajstić information content (AvgIpc) is 2.50. The third kappa shape index (κ3) is 6.10. The van der Waals surface area contributed by atoms with Crippen molar-refractivity contribution >= 4 is 21.6 Å². The molecule has 0 unspecified atom stereocenters. The summed E-state index contributed by atoms with van der Waals surface area (Å²) in [4.78, 5) is 13.8. The Morgan fingerprint density at radius 1 is 1.39 bits per heavy atom. The van der Waals surface area contributed by atoms with Gasteiger partial charge < -0.3 is 10.2 Å². The van der Waals surface area contributed by atoms with Gasteiger partial charge in [-0.05, 0) is 30.7 Å². The molecule has 8 heteroatoms. The van der Waals surface area contributed by atoms with Crippen LogP contribution in [0.1, 0.15) is 19.8 Å². The van der Waals surface area contributed by atoms with E-state index in [0.717, 1.165) is 19.4 Å². The molecule has 1 aromatic carbocycles. The number of nitriles is 1. The third-order valence-corrected chi connectivity index (χ3v) is 3.95. The Bertz CT molecular complexity index is 718. The summed E-state index contributed by atoms with van der Waals surface area (Å²) in [6.07, 6.45) is 3.47. The van der Waals surface area contributed by atoms with Crippen LogP contribution < -0.4 is 10.5 Å². The highest BCUT2D eigenvalue weighted by molar-refractivity contribution is 7.89. The molecule has 0 aromatic heterocycles. The van der Waals surface area contributed by atoms with Crippen LogP contribution in [0.5, 0.6) is 0 Å². The van der Waals surface area contributed by atoms with Gasteiger partial charge in [-0.2, -0.15) is 5.26 Å². The van der Waals surface area contributed by atoms with Crippen molar-refractivity contribution in [1.82, 2.24) is 4.90 Å². The number of sulfonamides is 1. The number of carbonyl (C=O) groups is 1. The highest BCUT2D eigenvalue weighted by Gasteiger charge is 2.12. The number of benzene rings is 1. The van der Waals surface area contributed by atoms with E-state index in [1.165, 1.54) is 30.5 Å². The Labute approximate surface area is 136 Å². The van der Waals surface area contributed by atoms with Gasteiger partial charge in [-0.1, -0.05) is 13.3 Å². The smallest absolute Gasteiger partial charge is 0.267 e. The zero-order valence-corrected chi connectivity index (χ0v) is 13.9. The normalized spacial score (nSPS) is 11.7. The lowest BCUT2D eigenvalue weighted by atomic mass is 10.2. The number of anilines is 1. The van der Waals surface area contributed by atoms with Crippen molar-refractivity contribution in [3.63, 3.8) is 0 Å². The van der Waals surface area contributed by atoms with Gasteiger partial charge in [0.1, 0.15) is 11.6 Å². The van der Waals surface area contributed by atoms with E-state index in [1.54, 1.807) is 11.9 Å². The minimum absolute atomic E-state index is 0.0286. The van der Waals surface area contributed by atoms with Gasteiger partial charge in [-0.3, -0.25) is 4.79 Å². The van der Waals surface area contributed by atoms with Gasteiger partial charge in [0.25, 0.3) is 5.91 Å². The molecule has 0 aliphatic heterocycles. The Balaban J connectivity index is 2.81. The molecule has 0 saturated carbocycles. The first kappa shape index (κ1) is 18.7. The predicted octanol–water partition coefficient (Wildman–Crippen LogP) is 1.41. The van der Waals surface area contributed by atoms with E-state index in [2.05, 4.69) is 12.2 Å². The molecule has 0 bridgehead atoms. The molecule has 0 radical (unpaired) electrons. The fraction of sp³-hybridized carbons (Fsp3) is 0.333. The summed E-state index contributed by atoms with van der Waals surface area (Å²) in [5, 5.41) is 16.6. The molecule has 0 atom stereocenters. The monoisotopic (exact) mass is 336 g/mol. The fourth-order valence-corrected chi connectivity index (χ4v) is 2.27. The highest BCUT2D eigenvalue weighted by atomic mass is 32.2. The second-order valence-electron chi connectivity index (χ2n) is 5.01. The number of hydrogen-bond donors (Lipinski definition) is 2. The molecule has 0 aliphatic rings. The minimum atomic E-state index is -3.78. The Kier molecular flexibility index (Phi) is 6.75. The number of nitrogens with zero attached hydrogens (tertiary/aromatic N) is 2. The molecule has 23 heavy (non-hydrogen) atoms. The van der Waals surface area contributed by atoms with Crippen LogP contribution in [-0.2, 0) is 14.8 Å². The van der Waals surface area contributed by atoms with Gasteiger partial charge in [0, 0.05) is 25.5 Å². The van der Waals surface area contributed by atoms with Crippen LogP contribution in [0.3, 0.4) is 0 Å². The van der Waals surface area contributed by atoms with Crippen LogP contribution in [-0.4, -0.2) is 32.8 Å². The summed E-state index contributed by atoms with van der Waals surface area (Å²) in [5.74, 6) is -0.556. The van der Waals surface area contributed by atoms with Gasteiger partial charge >= 0.3 is 0 Å². The Morgan fingerprint density at radius 2 is 2.00 bits per heavy atom. The van der Waals surface area contributed by atoms with Gasteiger partial charge in [0.15, 0.2) is 0 Å². The molecule has 1 rings (SSSR count). The third-order valence-electron chi connectivity index (χ3n) is 3.02. The quantitative estimate of drug-likeness (QED) is 0.577. The predicted molar refractivity (Wildman–Crippen MR) is 87.7 cm³/mol. The molecule has 7 nitrogen and oxygen atoms in total. The molecule has 0 aliphatic carbocycles. The van der Waals surface area contributed by atoms with E-state index >= 15 is 0 Å². The topological polar surface area (TPSA) is 116 Å². The van der Waals surface area contributed by atoms with Crippen molar-refractivity contribution in [3.8, 4) is 6.07 Å². The molecule has 0 fully saturated rings. The van der Waals surface area contributed by atoms with Gasteiger partial charge in [0.2, 0.25) is 10.0 Å². The molecular weight excluding hydrogens is 316 g/mol. The molecule has 0 spiro atoms. The van der Waals surface area contributed by atoms with Crippen LogP contribution >= 0.6 is 0 Å². The fourth-order valence-electron chi connectivity index (χ4n) is 1.76. The maximum atomic E-state index is 12.1. The summed E-state index contributed by atoms with van der Waals surface area (Å²) in [6.45, 7) is 2.80. The number of amides is 1. The zero-order chi connectivity index (χ0) is 17.5. The lowest BCUT2D eigenvalue weighted by Gasteiger charge is -2.14. The van der Waals surface area contributed by atoms with Crippen LogP contribution in [0.25, 0.3) is 0 Å². The summed E-state index contributed by atoms with van der Waals surface area (Å²) in [5.41, 5.74) is 0.346. The maximum absolute atomic E-state index is 12.1. The highest BCUT2D eigenvalue weighted by Crippen LogP contribution is 2.13.